The SMILES string of the molecule is NCCCC[C@H](NC(=O)c1cnccn1)C(=O)O. The first kappa shape index (κ1) is 14.0. The van der Waals surface area contributed by atoms with Gasteiger partial charge in [0.1, 0.15) is 11.7 Å². The van der Waals surface area contributed by atoms with Crippen LogP contribution < -0.4 is 11.1 Å². The molecule has 0 unspecified atom stereocenters. The summed E-state index contributed by atoms with van der Waals surface area (Å²) in [7, 11) is 0. The van der Waals surface area contributed by atoms with Crippen molar-refractivity contribution in [3.8, 4) is 0 Å². The summed E-state index contributed by atoms with van der Waals surface area (Å²) < 4.78 is 0. The lowest BCUT2D eigenvalue weighted by Crippen LogP contribution is -2.41. The highest BCUT2D eigenvalue weighted by atomic mass is 16.4. The minimum absolute atomic E-state index is 0.0996. The number of carboxylic acid groups (broad SMARTS) is 1. The van der Waals surface area contributed by atoms with E-state index >= 15 is 0 Å². The van der Waals surface area contributed by atoms with E-state index in [0.29, 0.717) is 19.4 Å². The molecular weight excluding hydrogens is 236 g/mol. The molecule has 0 aliphatic carbocycles. The number of rotatable bonds is 7. The maximum atomic E-state index is 11.7. The third-order valence-corrected chi connectivity index (χ3v) is 2.35. The Morgan fingerprint density at radius 3 is 2.72 bits per heavy atom. The van der Waals surface area contributed by atoms with Crippen molar-refractivity contribution < 1.29 is 14.7 Å². The summed E-state index contributed by atoms with van der Waals surface area (Å²) in [6, 6.07) is -0.925. The van der Waals surface area contributed by atoms with Gasteiger partial charge >= 0.3 is 5.97 Å². The predicted molar refractivity (Wildman–Crippen MR) is 63.8 cm³/mol. The molecule has 7 heteroatoms. The number of carboxylic acids is 1. The zero-order chi connectivity index (χ0) is 13.4. The zero-order valence-electron chi connectivity index (χ0n) is 9.87. The molecular formula is C11H16N4O3. The van der Waals surface area contributed by atoms with Gasteiger partial charge in [-0.15, -0.1) is 0 Å². The highest BCUT2D eigenvalue weighted by Crippen LogP contribution is 2.02. The highest BCUT2D eigenvalue weighted by Gasteiger charge is 2.20. The van der Waals surface area contributed by atoms with Crippen LogP contribution in [0.15, 0.2) is 18.6 Å². The lowest BCUT2D eigenvalue weighted by Gasteiger charge is -2.13. The summed E-state index contributed by atoms with van der Waals surface area (Å²) >= 11 is 0. The van der Waals surface area contributed by atoms with Gasteiger partial charge in [0, 0.05) is 12.4 Å². The Bertz CT molecular complexity index is 397. The summed E-state index contributed by atoms with van der Waals surface area (Å²) in [6.07, 6.45) is 5.82. The van der Waals surface area contributed by atoms with Crippen LogP contribution in [0.3, 0.4) is 0 Å². The first-order chi connectivity index (χ1) is 8.65. The van der Waals surface area contributed by atoms with Crippen LogP contribution in [-0.2, 0) is 4.79 Å². The van der Waals surface area contributed by atoms with Crippen LogP contribution in [0.2, 0.25) is 0 Å². The van der Waals surface area contributed by atoms with E-state index < -0.39 is 17.9 Å². The average molecular weight is 252 g/mol. The van der Waals surface area contributed by atoms with Gasteiger partial charge in [-0.25, -0.2) is 9.78 Å². The van der Waals surface area contributed by atoms with E-state index in [0.717, 1.165) is 6.42 Å². The van der Waals surface area contributed by atoms with Gasteiger partial charge in [-0.1, -0.05) is 0 Å². The Kier molecular flexibility index (Phi) is 5.72. The number of nitrogens with zero attached hydrogens (tertiary/aromatic N) is 2. The third-order valence-electron chi connectivity index (χ3n) is 2.35. The number of unbranched alkanes of at least 4 members (excludes halogenated alkanes) is 1. The van der Waals surface area contributed by atoms with Gasteiger partial charge in [-0.3, -0.25) is 9.78 Å². The van der Waals surface area contributed by atoms with E-state index in [4.69, 9.17) is 10.8 Å². The van der Waals surface area contributed by atoms with Crippen LogP contribution in [0.5, 0.6) is 0 Å². The number of amides is 1. The Balaban J connectivity index is 2.55. The van der Waals surface area contributed by atoms with Crippen molar-refractivity contribution in [3.63, 3.8) is 0 Å². The van der Waals surface area contributed by atoms with Crippen molar-refractivity contribution in [1.82, 2.24) is 15.3 Å². The summed E-state index contributed by atoms with van der Waals surface area (Å²) in [4.78, 5) is 30.2. The van der Waals surface area contributed by atoms with E-state index in [1.54, 1.807) is 0 Å². The second kappa shape index (κ2) is 7.33. The second-order valence-electron chi connectivity index (χ2n) is 3.74. The van der Waals surface area contributed by atoms with Crippen LogP contribution in [0.4, 0.5) is 0 Å². The van der Waals surface area contributed by atoms with Crippen molar-refractivity contribution in [2.75, 3.05) is 6.54 Å². The molecule has 98 valence electrons. The van der Waals surface area contributed by atoms with Gasteiger partial charge in [-0.2, -0.15) is 0 Å². The molecule has 1 atom stereocenters. The van der Waals surface area contributed by atoms with Crippen molar-refractivity contribution in [2.24, 2.45) is 5.73 Å². The summed E-state index contributed by atoms with van der Waals surface area (Å²) in [5, 5.41) is 11.4. The quantitative estimate of drug-likeness (QED) is 0.578. The van der Waals surface area contributed by atoms with Crippen LogP contribution >= 0.6 is 0 Å². The van der Waals surface area contributed by atoms with Crippen LogP contribution in [0, 0.1) is 0 Å². The molecule has 0 aliphatic rings. The Hall–Kier alpha value is -2.02. The largest absolute Gasteiger partial charge is 0.480 e. The molecule has 7 nitrogen and oxygen atoms in total. The van der Waals surface area contributed by atoms with Crippen LogP contribution in [0.25, 0.3) is 0 Å². The molecule has 0 radical (unpaired) electrons. The van der Waals surface area contributed by atoms with Crippen molar-refractivity contribution in [1.29, 1.82) is 0 Å². The number of hydrogen-bond donors (Lipinski definition) is 3. The maximum absolute atomic E-state index is 11.7. The molecule has 0 saturated carbocycles. The molecule has 1 rings (SSSR count). The zero-order valence-corrected chi connectivity index (χ0v) is 9.87. The van der Waals surface area contributed by atoms with Crippen LogP contribution in [0.1, 0.15) is 29.8 Å². The molecule has 0 saturated heterocycles. The first-order valence-corrected chi connectivity index (χ1v) is 5.65. The molecule has 1 aromatic rings. The molecule has 1 amide bonds. The van der Waals surface area contributed by atoms with E-state index in [-0.39, 0.29) is 5.69 Å². The lowest BCUT2D eigenvalue weighted by molar-refractivity contribution is -0.139. The summed E-state index contributed by atoms with van der Waals surface area (Å²) in [5.41, 5.74) is 5.43. The van der Waals surface area contributed by atoms with Gasteiger partial charge < -0.3 is 16.2 Å². The minimum Gasteiger partial charge on any atom is -0.480 e. The molecule has 0 fully saturated rings. The number of carbonyl (C=O) groups is 2. The number of nitrogens with two attached hydrogens (primary N) is 1. The smallest absolute Gasteiger partial charge is 0.326 e. The van der Waals surface area contributed by atoms with Gasteiger partial charge in [0.2, 0.25) is 0 Å². The van der Waals surface area contributed by atoms with Crippen molar-refractivity contribution in [2.45, 2.75) is 25.3 Å². The number of aliphatic carboxylic acids is 1. The molecule has 4 N–H and O–H groups in total. The highest BCUT2D eigenvalue weighted by molar-refractivity contribution is 5.94. The molecule has 0 aromatic carbocycles. The average Bonchev–Trinajstić information content (AvgIpc) is 2.38. The van der Waals surface area contributed by atoms with Crippen molar-refractivity contribution in [3.05, 3.63) is 24.3 Å². The molecule has 1 aromatic heterocycles. The first-order valence-electron chi connectivity index (χ1n) is 5.65. The van der Waals surface area contributed by atoms with E-state index in [2.05, 4.69) is 15.3 Å². The predicted octanol–water partition coefficient (Wildman–Crippen LogP) is -0.211. The maximum Gasteiger partial charge on any atom is 0.326 e. The normalized spacial score (nSPS) is 11.8. The number of carbonyl (C=O) groups excluding carboxylic acids is 1. The second-order valence-corrected chi connectivity index (χ2v) is 3.74. The lowest BCUT2D eigenvalue weighted by atomic mass is 10.1. The minimum atomic E-state index is -1.07. The Morgan fingerprint density at radius 1 is 1.39 bits per heavy atom. The number of aromatic nitrogens is 2. The fourth-order valence-electron chi connectivity index (χ4n) is 1.40. The van der Waals surface area contributed by atoms with Gasteiger partial charge in [-0.05, 0) is 25.8 Å². The molecule has 18 heavy (non-hydrogen) atoms. The van der Waals surface area contributed by atoms with Crippen molar-refractivity contribution >= 4 is 11.9 Å². The molecule has 0 spiro atoms. The molecule has 1 heterocycles. The third kappa shape index (κ3) is 4.46. The Morgan fingerprint density at radius 2 is 2.17 bits per heavy atom. The molecule has 0 aliphatic heterocycles. The number of nitrogens with one attached hydrogen (secondary N) is 1. The Labute approximate surface area is 104 Å². The standard InChI is InChI=1S/C11H16N4O3/c12-4-2-1-3-8(11(17)18)15-10(16)9-7-13-5-6-14-9/h5-8H,1-4,12H2,(H,15,16)(H,17,18)/t8-/m0/s1. The van der Waals surface area contributed by atoms with E-state index in [1.807, 2.05) is 0 Å². The fourth-order valence-corrected chi connectivity index (χ4v) is 1.40. The molecule has 0 bridgehead atoms. The van der Waals surface area contributed by atoms with Gasteiger partial charge in [0.15, 0.2) is 0 Å². The van der Waals surface area contributed by atoms with Crippen LogP contribution in [-0.4, -0.2) is 39.5 Å². The van der Waals surface area contributed by atoms with E-state index in [1.165, 1.54) is 18.6 Å². The van der Waals surface area contributed by atoms with E-state index in [9.17, 15) is 9.59 Å². The topological polar surface area (TPSA) is 118 Å². The fraction of sp³-hybridized carbons (Fsp3) is 0.455. The number of hydrogen-bond acceptors (Lipinski definition) is 5. The van der Waals surface area contributed by atoms with Gasteiger partial charge in [0.05, 0.1) is 6.20 Å². The monoisotopic (exact) mass is 252 g/mol. The summed E-state index contributed by atoms with van der Waals surface area (Å²) in [5.74, 6) is -1.60. The van der Waals surface area contributed by atoms with Gasteiger partial charge in [0.25, 0.3) is 5.91 Å². The summed E-state index contributed by atoms with van der Waals surface area (Å²) in [6.45, 7) is 0.504.